The van der Waals surface area contributed by atoms with Gasteiger partial charge in [-0.25, -0.2) is 9.59 Å². The number of fused-ring (bicyclic) bond motifs is 1. The summed E-state index contributed by atoms with van der Waals surface area (Å²) in [6, 6.07) is 1.64. The highest BCUT2D eigenvalue weighted by molar-refractivity contribution is 9.11. The van der Waals surface area contributed by atoms with Crippen LogP contribution in [0.3, 0.4) is 0 Å². The van der Waals surface area contributed by atoms with Crippen LogP contribution in [0.1, 0.15) is 10.4 Å². The lowest BCUT2D eigenvalue weighted by Gasteiger charge is -2.05. The smallest absolute Gasteiger partial charge is 0.340 e. The molecular weight excluding hydrogens is 344 g/mol. The Labute approximate surface area is 106 Å². The lowest BCUT2D eigenvalue weighted by molar-refractivity contribution is 0.0599. The number of carbonyl (C=O) groups excluding carboxylic acids is 1. The topological polar surface area (TPSA) is 75.0 Å². The molecule has 0 aliphatic carbocycles. The molecule has 5 nitrogen and oxygen atoms in total. The third-order valence-electron chi connectivity index (χ3n) is 2.09. The molecule has 16 heavy (non-hydrogen) atoms. The number of esters is 1. The average Bonchev–Trinajstić information content (AvgIpc) is 2.58. The largest absolute Gasteiger partial charge is 0.465 e. The second kappa shape index (κ2) is 4.06. The Morgan fingerprint density at radius 3 is 2.69 bits per heavy atom. The quantitative estimate of drug-likeness (QED) is 0.775. The first-order chi connectivity index (χ1) is 7.54. The van der Waals surface area contributed by atoms with Gasteiger partial charge in [-0.1, -0.05) is 0 Å². The number of hydrogen-bond donors (Lipinski definition) is 2. The Bertz CT molecular complexity index is 629. The number of halogens is 2. The molecule has 0 spiro atoms. The summed E-state index contributed by atoms with van der Waals surface area (Å²) in [5.41, 5.74) is 1.15. The fraction of sp³-hybridized carbons (Fsp3) is 0.111. The van der Waals surface area contributed by atoms with E-state index in [0.29, 0.717) is 25.5 Å². The Morgan fingerprint density at radius 2 is 2.06 bits per heavy atom. The zero-order chi connectivity index (χ0) is 11.9. The number of nitrogens with one attached hydrogen (secondary N) is 2. The second-order valence-corrected chi connectivity index (χ2v) is 4.69. The SMILES string of the molecule is COC(=O)c1c(Br)cc2[nH]c(=O)[nH]c2c1Br. The lowest BCUT2D eigenvalue weighted by Crippen LogP contribution is -2.04. The highest BCUT2D eigenvalue weighted by Crippen LogP contribution is 2.31. The summed E-state index contributed by atoms with van der Waals surface area (Å²) in [7, 11) is 1.30. The van der Waals surface area contributed by atoms with Crippen LogP contribution in [-0.4, -0.2) is 23.0 Å². The van der Waals surface area contributed by atoms with Crippen molar-refractivity contribution < 1.29 is 9.53 Å². The summed E-state index contributed by atoms with van der Waals surface area (Å²) in [6.07, 6.45) is 0. The molecule has 2 N–H and O–H groups in total. The van der Waals surface area contributed by atoms with Gasteiger partial charge in [0.05, 0.1) is 28.2 Å². The first-order valence-electron chi connectivity index (χ1n) is 4.23. The summed E-state index contributed by atoms with van der Waals surface area (Å²) < 4.78 is 5.69. The van der Waals surface area contributed by atoms with Gasteiger partial charge in [-0.05, 0) is 37.9 Å². The van der Waals surface area contributed by atoms with Crippen LogP contribution < -0.4 is 5.69 Å². The highest BCUT2D eigenvalue weighted by Gasteiger charge is 2.18. The van der Waals surface area contributed by atoms with Gasteiger partial charge in [-0.3, -0.25) is 0 Å². The number of ether oxygens (including phenoxy) is 1. The molecule has 0 saturated heterocycles. The maximum atomic E-state index is 11.5. The van der Waals surface area contributed by atoms with Gasteiger partial charge in [0.25, 0.3) is 0 Å². The van der Waals surface area contributed by atoms with Gasteiger partial charge in [0.1, 0.15) is 0 Å². The summed E-state index contributed by atoms with van der Waals surface area (Å²) >= 11 is 6.52. The molecule has 0 fully saturated rings. The van der Waals surface area contributed by atoms with Crippen molar-refractivity contribution in [3.63, 3.8) is 0 Å². The van der Waals surface area contributed by atoms with Gasteiger partial charge >= 0.3 is 11.7 Å². The third-order valence-corrected chi connectivity index (χ3v) is 3.51. The van der Waals surface area contributed by atoms with Gasteiger partial charge in [-0.2, -0.15) is 0 Å². The molecule has 0 unspecified atom stereocenters. The number of aromatic amines is 2. The van der Waals surface area contributed by atoms with Crippen molar-refractivity contribution in [2.24, 2.45) is 0 Å². The molecule has 0 radical (unpaired) electrons. The minimum absolute atomic E-state index is 0.329. The van der Waals surface area contributed by atoms with Crippen LogP contribution in [0.5, 0.6) is 0 Å². The van der Waals surface area contributed by atoms with Crippen molar-refractivity contribution in [3.05, 3.63) is 31.1 Å². The standard InChI is InChI=1S/C9H6Br2N2O3/c1-16-8(14)5-3(10)2-4-7(6(5)11)13-9(15)12-4/h2H,1H3,(H2,12,13,15). The lowest BCUT2D eigenvalue weighted by atomic mass is 10.2. The number of carbonyl (C=O) groups is 1. The Morgan fingerprint density at radius 1 is 1.38 bits per heavy atom. The van der Waals surface area contributed by atoms with Crippen LogP contribution in [0.25, 0.3) is 11.0 Å². The maximum absolute atomic E-state index is 11.5. The predicted molar refractivity (Wildman–Crippen MR) is 65.7 cm³/mol. The van der Waals surface area contributed by atoms with Gasteiger partial charge in [0.2, 0.25) is 0 Å². The van der Waals surface area contributed by atoms with E-state index in [9.17, 15) is 9.59 Å². The second-order valence-electron chi connectivity index (χ2n) is 3.04. The van der Waals surface area contributed by atoms with Crippen LogP contribution in [-0.2, 0) is 4.74 Å². The molecule has 7 heteroatoms. The summed E-state index contributed by atoms with van der Waals surface area (Å²) in [5.74, 6) is -0.484. The minimum Gasteiger partial charge on any atom is -0.465 e. The van der Waals surface area contributed by atoms with Crippen molar-refractivity contribution in [2.45, 2.75) is 0 Å². The summed E-state index contributed by atoms with van der Waals surface area (Å²) in [6.45, 7) is 0. The number of rotatable bonds is 1. The van der Waals surface area contributed by atoms with E-state index in [2.05, 4.69) is 46.6 Å². The van der Waals surface area contributed by atoms with Crippen LogP contribution >= 0.6 is 31.9 Å². The van der Waals surface area contributed by atoms with Gasteiger partial charge < -0.3 is 14.7 Å². The molecule has 1 heterocycles. The van der Waals surface area contributed by atoms with E-state index in [4.69, 9.17) is 0 Å². The fourth-order valence-electron chi connectivity index (χ4n) is 1.40. The molecule has 0 saturated carbocycles. The van der Waals surface area contributed by atoms with Crippen molar-refractivity contribution in [1.29, 1.82) is 0 Å². The Kier molecular flexibility index (Phi) is 2.90. The average molecular weight is 350 g/mol. The number of methoxy groups -OCH3 is 1. The van der Waals surface area contributed by atoms with Crippen LogP contribution in [0, 0.1) is 0 Å². The monoisotopic (exact) mass is 348 g/mol. The summed E-state index contributed by atoms with van der Waals surface area (Å²) in [4.78, 5) is 27.8. The number of hydrogen-bond acceptors (Lipinski definition) is 3. The summed E-state index contributed by atoms with van der Waals surface area (Å²) in [5, 5.41) is 0. The molecule has 0 bridgehead atoms. The molecule has 2 aromatic rings. The molecule has 0 aliphatic rings. The molecule has 1 aromatic carbocycles. The van der Waals surface area contributed by atoms with E-state index in [1.165, 1.54) is 7.11 Å². The molecule has 0 amide bonds. The fourth-order valence-corrected chi connectivity index (χ4v) is 2.94. The van der Waals surface area contributed by atoms with Crippen LogP contribution in [0.4, 0.5) is 0 Å². The van der Waals surface area contributed by atoms with E-state index in [-0.39, 0.29) is 5.69 Å². The zero-order valence-electron chi connectivity index (χ0n) is 8.06. The van der Waals surface area contributed by atoms with Crippen LogP contribution in [0.15, 0.2) is 19.8 Å². The first-order valence-corrected chi connectivity index (χ1v) is 5.81. The highest BCUT2D eigenvalue weighted by atomic mass is 79.9. The Hall–Kier alpha value is -1.08. The van der Waals surface area contributed by atoms with Crippen molar-refractivity contribution in [1.82, 2.24) is 9.97 Å². The van der Waals surface area contributed by atoms with Crippen molar-refractivity contribution in [3.8, 4) is 0 Å². The van der Waals surface area contributed by atoms with Gasteiger partial charge in [0.15, 0.2) is 0 Å². The van der Waals surface area contributed by atoms with Crippen molar-refractivity contribution >= 4 is 48.9 Å². The number of H-pyrrole nitrogens is 2. The Balaban J connectivity index is 2.84. The molecule has 0 aliphatic heterocycles. The molecule has 2 rings (SSSR count). The molecular formula is C9H6Br2N2O3. The van der Waals surface area contributed by atoms with Gasteiger partial charge in [0, 0.05) is 4.47 Å². The number of aromatic nitrogens is 2. The number of benzene rings is 1. The van der Waals surface area contributed by atoms with E-state index < -0.39 is 5.97 Å². The zero-order valence-corrected chi connectivity index (χ0v) is 11.2. The molecule has 0 atom stereocenters. The van der Waals surface area contributed by atoms with E-state index in [1.807, 2.05) is 0 Å². The predicted octanol–water partition coefficient (Wildman–Crippen LogP) is 2.17. The normalized spacial score (nSPS) is 10.7. The van der Waals surface area contributed by atoms with E-state index >= 15 is 0 Å². The third kappa shape index (κ3) is 1.69. The van der Waals surface area contributed by atoms with Gasteiger partial charge in [-0.15, -0.1) is 0 Å². The number of imidazole rings is 1. The molecule has 1 aromatic heterocycles. The maximum Gasteiger partial charge on any atom is 0.340 e. The first kappa shape index (κ1) is 11.4. The van der Waals surface area contributed by atoms with Crippen LogP contribution in [0.2, 0.25) is 0 Å². The van der Waals surface area contributed by atoms with E-state index in [0.717, 1.165) is 0 Å². The van der Waals surface area contributed by atoms with E-state index in [1.54, 1.807) is 6.07 Å². The van der Waals surface area contributed by atoms with Crippen molar-refractivity contribution in [2.75, 3.05) is 7.11 Å². The minimum atomic E-state index is -0.484. The molecule has 84 valence electrons.